The first kappa shape index (κ1) is 24.0. The van der Waals surface area contributed by atoms with Crippen LogP contribution in [0.1, 0.15) is 34.6 Å². The number of amides is 1. The number of carbonyl (C=O) groups excluding carboxylic acids is 1. The summed E-state index contributed by atoms with van der Waals surface area (Å²) in [5.41, 5.74) is 0. The molecule has 0 heterocycles. The number of aliphatic hydroxyl groups is 1. The van der Waals surface area contributed by atoms with Crippen LogP contribution in [-0.4, -0.2) is 74.5 Å². The maximum atomic E-state index is 11.1. The molecule has 0 aliphatic rings. The largest absolute Gasteiger partial charge is 0.391 e. The van der Waals surface area contributed by atoms with Gasteiger partial charge in [0.1, 0.15) is 0 Å². The van der Waals surface area contributed by atoms with Gasteiger partial charge in [-0.05, 0) is 40.7 Å². The third kappa shape index (κ3) is 15.0. The highest BCUT2D eigenvalue weighted by Gasteiger charge is 2.12. The van der Waals surface area contributed by atoms with Crippen LogP contribution in [0.15, 0.2) is 12.7 Å². The Morgan fingerprint density at radius 2 is 1.28 bits per heavy atom. The van der Waals surface area contributed by atoms with Crippen molar-refractivity contribution in [3.63, 3.8) is 0 Å². The summed E-state index contributed by atoms with van der Waals surface area (Å²) < 4.78 is 22.4. The van der Waals surface area contributed by atoms with E-state index in [9.17, 15) is 4.79 Å². The number of hydrogen-bond donors (Lipinski definition) is 2. The third-order valence-corrected chi connectivity index (χ3v) is 3.22. The first-order valence-electron chi connectivity index (χ1n) is 8.79. The maximum absolute atomic E-state index is 11.1. The highest BCUT2D eigenvalue weighted by molar-refractivity contribution is 5.86. The van der Waals surface area contributed by atoms with Crippen molar-refractivity contribution in [1.82, 2.24) is 5.32 Å². The van der Waals surface area contributed by atoms with Gasteiger partial charge in [0.2, 0.25) is 5.91 Å². The smallest absolute Gasteiger partial charge is 0.243 e. The molecule has 5 atom stereocenters. The zero-order valence-electron chi connectivity index (χ0n) is 16.2. The van der Waals surface area contributed by atoms with E-state index in [1.54, 1.807) is 6.92 Å². The predicted molar refractivity (Wildman–Crippen MR) is 96.5 cm³/mol. The molecule has 148 valence electrons. The number of ether oxygens (including phenoxy) is 4. The van der Waals surface area contributed by atoms with Gasteiger partial charge in [-0.15, -0.1) is 0 Å². The fourth-order valence-corrected chi connectivity index (χ4v) is 1.72. The van der Waals surface area contributed by atoms with Gasteiger partial charge in [-0.25, -0.2) is 0 Å². The van der Waals surface area contributed by atoms with E-state index in [0.717, 1.165) is 0 Å². The minimum absolute atomic E-state index is 0.0654. The van der Waals surface area contributed by atoms with Gasteiger partial charge in [0.15, 0.2) is 0 Å². The van der Waals surface area contributed by atoms with E-state index in [1.807, 2.05) is 27.7 Å². The molecule has 0 aliphatic heterocycles. The lowest BCUT2D eigenvalue weighted by atomic mass is 10.3. The van der Waals surface area contributed by atoms with Gasteiger partial charge in [-0.1, -0.05) is 6.58 Å². The molecular weight excluding hydrogens is 326 g/mol. The summed E-state index contributed by atoms with van der Waals surface area (Å²) in [5, 5.41) is 11.8. The molecule has 0 saturated heterocycles. The molecule has 0 fully saturated rings. The Morgan fingerprint density at radius 1 is 0.880 bits per heavy atom. The molecule has 0 aromatic carbocycles. The molecule has 25 heavy (non-hydrogen) atoms. The summed E-state index contributed by atoms with van der Waals surface area (Å²) in [4.78, 5) is 11.1. The van der Waals surface area contributed by atoms with Crippen molar-refractivity contribution in [2.75, 3.05) is 33.0 Å². The van der Waals surface area contributed by atoms with E-state index in [1.165, 1.54) is 6.08 Å². The first-order chi connectivity index (χ1) is 11.7. The molecule has 0 aliphatic carbocycles. The molecule has 0 spiro atoms. The molecule has 0 aromatic heterocycles. The summed E-state index contributed by atoms with van der Waals surface area (Å²) in [6.45, 7) is 14.8. The average Bonchev–Trinajstić information content (AvgIpc) is 2.58. The Balaban J connectivity index is 3.73. The minimum Gasteiger partial charge on any atom is -0.391 e. The lowest BCUT2D eigenvalue weighted by molar-refractivity contribution is -0.117. The van der Waals surface area contributed by atoms with Crippen molar-refractivity contribution in [3.05, 3.63) is 12.7 Å². The van der Waals surface area contributed by atoms with Gasteiger partial charge in [0, 0.05) is 6.54 Å². The zero-order chi connectivity index (χ0) is 19.2. The Morgan fingerprint density at radius 3 is 1.68 bits per heavy atom. The molecule has 7 heteroatoms. The number of aliphatic hydroxyl groups excluding tert-OH is 1. The van der Waals surface area contributed by atoms with Crippen molar-refractivity contribution in [1.29, 1.82) is 0 Å². The third-order valence-electron chi connectivity index (χ3n) is 3.22. The number of carbonyl (C=O) groups is 1. The second-order valence-electron chi connectivity index (χ2n) is 6.37. The maximum Gasteiger partial charge on any atom is 0.243 e. The van der Waals surface area contributed by atoms with E-state index in [0.29, 0.717) is 33.0 Å². The van der Waals surface area contributed by atoms with E-state index in [4.69, 9.17) is 24.1 Å². The Labute approximate surface area is 151 Å². The summed E-state index contributed by atoms with van der Waals surface area (Å²) in [7, 11) is 0. The highest BCUT2D eigenvalue weighted by Crippen LogP contribution is 2.02. The SMILES string of the molecule is C=CC(=O)NCC(C)OCC(C)OCC(C)OCC(C)OCC(C)O. The van der Waals surface area contributed by atoms with Crippen molar-refractivity contribution in [2.45, 2.75) is 65.1 Å². The molecule has 0 aromatic rings. The van der Waals surface area contributed by atoms with Crippen LogP contribution < -0.4 is 5.32 Å². The molecule has 5 unspecified atom stereocenters. The molecule has 2 N–H and O–H groups in total. The summed E-state index contributed by atoms with van der Waals surface area (Å²) >= 11 is 0. The molecule has 0 saturated carbocycles. The Bertz CT molecular complexity index is 363. The second-order valence-corrected chi connectivity index (χ2v) is 6.37. The fourth-order valence-electron chi connectivity index (χ4n) is 1.72. The van der Waals surface area contributed by atoms with Crippen LogP contribution in [0.25, 0.3) is 0 Å². The summed E-state index contributed by atoms with van der Waals surface area (Å²) in [6, 6.07) is 0. The minimum atomic E-state index is -0.475. The standard InChI is InChI=1S/C18H35NO6/c1-7-18(21)19-8-14(3)23-10-16(5)25-12-17(6)24-11-15(4)22-9-13(2)20/h7,13-17,20H,1,8-12H2,2-6H3,(H,19,21). The van der Waals surface area contributed by atoms with Gasteiger partial charge in [0.25, 0.3) is 0 Å². The van der Waals surface area contributed by atoms with Gasteiger partial charge >= 0.3 is 0 Å². The Kier molecular flexibility index (Phi) is 13.6. The van der Waals surface area contributed by atoms with Crippen LogP contribution in [0.3, 0.4) is 0 Å². The van der Waals surface area contributed by atoms with E-state index in [2.05, 4.69) is 11.9 Å². The molecular formula is C18H35NO6. The van der Waals surface area contributed by atoms with Crippen molar-refractivity contribution >= 4 is 5.91 Å². The van der Waals surface area contributed by atoms with Gasteiger partial charge < -0.3 is 29.4 Å². The van der Waals surface area contributed by atoms with Gasteiger partial charge in [-0.3, -0.25) is 4.79 Å². The van der Waals surface area contributed by atoms with E-state index >= 15 is 0 Å². The van der Waals surface area contributed by atoms with Gasteiger partial charge in [-0.2, -0.15) is 0 Å². The van der Waals surface area contributed by atoms with Crippen LogP contribution in [0.2, 0.25) is 0 Å². The lowest BCUT2D eigenvalue weighted by Crippen LogP contribution is -2.33. The highest BCUT2D eigenvalue weighted by atomic mass is 16.6. The number of rotatable bonds is 15. The molecule has 7 nitrogen and oxygen atoms in total. The van der Waals surface area contributed by atoms with Crippen molar-refractivity contribution < 1.29 is 28.8 Å². The predicted octanol–water partition coefficient (Wildman–Crippen LogP) is 1.29. The van der Waals surface area contributed by atoms with E-state index in [-0.39, 0.29) is 30.3 Å². The summed E-state index contributed by atoms with van der Waals surface area (Å²) in [5.74, 6) is -0.211. The topological polar surface area (TPSA) is 86.3 Å². The van der Waals surface area contributed by atoms with Crippen LogP contribution >= 0.6 is 0 Å². The molecule has 1 amide bonds. The quantitative estimate of drug-likeness (QED) is 0.428. The molecule has 0 rings (SSSR count). The van der Waals surface area contributed by atoms with Crippen LogP contribution in [-0.2, 0) is 23.7 Å². The second kappa shape index (κ2) is 14.2. The number of nitrogens with one attached hydrogen (secondary N) is 1. The number of hydrogen-bond acceptors (Lipinski definition) is 6. The lowest BCUT2D eigenvalue weighted by Gasteiger charge is -2.21. The fraction of sp³-hybridized carbons (Fsp3) is 0.833. The molecule has 0 radical (unpaired) electrons. The van der Waals surface area contributed by atoms with Crippen LogP contribution in [0, 0.1) is 0 Å². The van der Waals surface area contributed by atoms with Crippen LogP contribution in [0.5, 0.6) is 0 Å². The average molecular weight is 361 g/mol. The van der Waals surface area contributed by atoms with Crippen molar-refractivity contribution in [2.24, 2.45) is 0 Å². The normalized spacial score (nSPS) is 17.4. The van der Waals surface area contributed by atoms with Gasteiger partial charge in [0.05, 0.1) is 56.9 Å². The summed E-state index contributed by atoms with van der Waals surface area (Å²) in [6.07, 6.45) is 0.434. The first-order valence-corrected chi connectivity index (χ1v) is 8.79. The molecule has 0 bridgehead atoms. The Hall–Kier alpha value is -0.990. The monoisotopic (exact) mass is 361 g/mol. The van der Waals surface area contributed by atoms with Crippen molar-refractivity contribution in [3.8, 4) is 0 Å². The zero-order valence-corrected chi connectivity index (χ0v) is 16.2. The van der Waals surface area contributed by atoms with Crippen LogP contribution in [0.4, 0.5) is 0 Å². The van der Waals surface area contributed by atoms with E-state index < -0.39 is 6.10 Å².